The van der Waals surface area contributed by atoms with Crippen molar-refractivity contribution in [3.8, 4) is 0 Å². The van der Waals surface area contributed by atoms with Crippen molar-refractivity contribution in [2.45, 2.75) is 90.8 Å². The van der Waals surface area contributed by atoms with Crippen LogP contribution in [0, 0.1) is 17.8 Å². The number of likely N-dealkylation sites (tertiary alicyclic amines) is 1. The highest BCUT2D eigenvalue weighted by atomic mass is 32.1. The Morgan fingerprint density at radius 2 is 1.76 bits per heavy atom. The quantitative estimate of drug-likeness (QED) is 0.221. The topological polar surface area (TPSA) is 183 Å². The summed E-state index contributed by atoms with van der Waals surface area (Å²) in [6.07, 6.45) is 2.65. The van der Waals surface area contributed by atoms with Gasteiger partial charge in [0, 0.05) is 17.7 Å². The molecular weight excluding hydrogens is 552 g/mol. The summed E-state index contributed by atoms with van der Waals surface area (Å²) in [5.74, 6) is -5.24. The maximum atomic E-state index is 13.5. The van der Waals surface area contributed by atoms with Gasteiger partial charge in [-0.2, -0.15) is 0 Å². The number of piperidine rings is 1. The second-order valence-corrected chi connectivity index (χ2v) is 12.1. The molecule has 2 heterocycles. The summed E-state index contributed by atoms with van der Waals surface area (Å²) in [5, 5.41) is 24.6. The zero-order valence-electron chi connectivity index (χ0n) is 24.3. The van der Waals surface area contributed by atoms with Crippen LogP contribution < -0.4 is 10.6 Å². The van der Waals surface area contributed by atoms with E-state index in [0.29, 0.717) is 11.4 Å². The van der Waals surface area contributed by atoms with E-state index in [9.17, 15) is 28.8 Å². The molecular formula is C28H42N4O8S. The molecule has 5 atom stereocenters. The molecule has 0 saturated carbocycles. The average molecular weight is 595 g/mol. The Kier molecular flexibility index (Phi) is 13.0. The van der Waals surface area contributed by atoms with Crippen LogP contribution in [0.3, 0.4) is 0 Å². The predicted molar refractivity (Wildman–Crippen MR) is 152 cm³/mol. The van der Waals surface area contributed by atoms with Crippen molar-refractivity contribution in [1.82, 2.24) is 20.5 Å². The smallest absolute Gasteiger partial charge is 0.326 e. The maximum absolute atomic E-state index is 13.5. The summed E-state index contributed by atoms with van der Waals surface area (Å²) in [7, 11) is 1.93. The van der Waals surface area contributed by atoms with Gasteiger partial charge in [0.05, 0.1) is 24.9 Å². The van der Waals surface area contributed by atoms with Gasteiger partial charge < -0.3 is 20.8 Å². The molecule has 1 fully saturated rings. The van der Waals surface area contributed by atoms with Crippen LogP contribution in [-0.2, 0) is 30.4 Å². The molecule has 1 aromatic heterocycles. The van der Waals surface area contributed by atoms with E-state index in [1.807, 2.05) is 25.8 Å². The molecule has 1 aromatic rings. The molecule has 2 rings (SSSR count). The largest absolute Gasteiger partial charge is 0.481 e. The first-order valence-corrected chi connectivity index (χ1v) is 14.9. The fourth-order valence-corrected chi connectivity index (χ4v) is 5.70. The monoisotopic (exact) mass is 594 g/mol. The number of hydrogen-bond acceptors (Lipinski definition) is 9. The molecule has 12 nitrogen and oxygen atoms in total. The van der Waals surface area contributed by atoms with Crippen molar-refractivity contribution in [3.63, 3.8) is 0 Å². The normalized spacial score (nSPS) is 18.6. The number of carbonyl (C=O) groups excluding carboxylic acids is 4. The number of ketones is 2. The maximum Gasteiger partial charge on any atom is 0.326 e. The lowest BCUT2D eigenvalue weighted by Gasteiger charge is -2.33. The number of hydrogen-bond donors (Lipinski definition) is 4. The molecule has 2 unspecified atom stereocenters. The van der Waals surface area contributed by atoms with Crippen LogP contribution in [0.5, 0.6) is 0 Å². The zero-order chi connectivity index (χ0) is 30.9. The van der Waals surface area contributed by atoms with Crippen molar-refractivity contribution in [1.29, 1.82) is 0 Å². The van der Waals surface area contributed by atoms with Crippen LogP contribution in [-0.4, -0.2) is 87.1 Å². The van der Waals surface area contributed by atoms with E-state index in [0.717, 1.165) is 37.1 Å². The van der Waals surface area contributed by atoms with Crippen molar-refractivity contribution < 1.29 is 39.0 Å². The Bertz CT molecular complexity index is 1120. The van der Waals surface area contributed by atoms with Crippen LogP contribution in [0.25, 0.3) is 0 Å². The van der Waals surface area contributed by atoms with E-state index in [4.69, 9.17) is 10.2 Å². The Hall–Kier alpha value is -3.19. The number of carbonyl (C=O) groups is 6. The highest BCUT2D eigenvalue weighted by Crippen LogP contribution is 2.25. The first kappa shape index (κ1) is 34.0. The SMILES string of the molecule is CCC(C)[C@H](CC(=O)C1CCCCN1C)C(=O)N[C@H](C(=O)Cc1nc(C(=O)N[C@@H](CC(=O)O)C(=O)O)cs1)C(C)C. The van der Waals surface area contributed by atoms with Gasteiger partial charge >= 0.3 is 11.9 Å². The highest BCUT2D eigenvalue weighted by Gasteiger charge is 2.35. The summed E-state index contributed by atoms with van der Waals surface area (Å²) >= 11 is 1.02. The van der Waals surface area contributed by atoms with E-state index in [1.165, 1.54) is 5.38 Å². The Balaban J connectivity index is 2.09. The van der Waals surface area contributed by atoms with Gasteiger partial charge in [-0.1, -0.05) is 40.5 Å². The van der Waals surface area contributed by atoms with Gasteiger partial charge in [0.25, 0.3) is 5.91 Å². The van der Waals surface area contributed by atoms with Gasteiger partial charge in [0.1, 0.15) is 16.7 Å². The molecule has 1 aliphatic rings. The summed E-state index contributed by atoms with van der Waals surface area (Å²) in [4.78, 5) is 80.6. The summed E-state index contributed by atoms with van der Waals surface area (Å²) in [5.41, 5.74) is -0.136. The third kappa shape index (κ3) is 9.99. The number of Topliss-reactive ketones (excluding diaryl/α,β-unsaturated/α-hetero) is 2. The minimum Gasteiger partial charge on any atom is -0.481 e. The molecule has 0 aliphatic carbocycles. The number of aromatic nitrogens is 1. The molecule has 0 aromatic carbocycles. The molecule has 41 heavy (non-hydrogen) atoms. The molecule has 4 N–H and O–H groups in total. The van der Waals surface area contributed by atoms with Gasteiger partial charge in [0.2, 0.25) is 5.91 Å². The number of carboxylic acids is 2. The highest BCUT2D eigenvalue weighted by molar-refractivity contribution is 7.10. The van der Waals surface area contributed by atoms with Crippen LogP contribution in [0.1, 0.15) is 81.7 Å². The summed E-state index contributed by atoms with van der Waals surface area (Å²) < 4.78 is 0. The molecule has 228 valence electrons. The van der Waals surface area contributed by atoms with E-state index < -0.39 is 42.3 Å². The lowest BCUT2D eigenvalue weighted by Crippen LogP contribution is -2.49. The number of thiazole rings is 1. The number of aliphatic carboxylic acids is 2. The van der Waals surface area contributed by atoms with E-state index in [2.05, 4.69) is 15.6 Å². The lowest BCUT2D eigenvalue weighted by atomic mass is 9.83. The van der Waals surface area contributed by atoms with Crippen LogP contribution in [0.15, 0.2) is 5.38 Å². The number of likely N-dealkylation sites (N-methyl/N-ethyl adjacent to an activating group) is 1. The third-order valence-corrected chi connectivity index (χ3v) is 8.48. The fraction of sp³-hybridized carbons (Fsp3) is 0.679. The third-order valence-electron chi connectivity index (χ3n) is 7.63. The number of nitrogens with zero attached hydrogens (tertiary/aromatic N) is 2. The first-order chi connectivity index (χ1) is 19.2. The second-order valence-electron chi connectivity index (χ2n) is 11.1. The predicted octanol–water partition coefficient (Wildman–Crippen LogP) is 2.16. The molecule has 1 saturated heterocycles. The zero-order valence-corrected chi connectivity index (χ0v) is 25.2. The Morgan fingerprint density at radius 1 is 1.07 bits per heavy atom. The molecule has 1 aliphatic heterocycles. The summed E-state index contributed by atoms with van der Waals surface area (Å²) in [6, 6.07) is -2.66. The number of rotatable bonds is 16. The number of nitrogens with one attached hydrogen (secondary N) is 2. The minimum absolute atomic E-state index is 0.0437. The van der Waals surface area contributed by atoms with Crippen LogP contribution >= 0.6 is 11.3 Å². The van der Waals surface area contributed by atoms with E-state index >= 15 is 0 Å². The first-order valence-electron chi connectivity index (χ1n) is 14.0. The molecule has 0 radical (unpaired) electrons. The Morgan fingerprint density at radius 3 is 2.32 bits per heavy atom. The van der Waals surface area contributed by atoms with Gasteiger partial charge in [0.15, 0.2) is 11.6 Å². The molecule has 2 amide bonds. The van der Waals surface area contributed by atoms with E-state index in [-0.39, 0.29) is 53.9 Å². The van der Waals surface area contributed by atoms with Crippen molar-refractivity contribution in [2.75, 3.05) is 13.6 Å². The van der Waals surface area contributed by atoms with Gasteiger partial charge in [-0.05, 0) is 38.3 Å². The summed E-state index contributed by atoms with van der Waals surface area (Å²) in [6.45, 7) is 8.35. The van der Waals surface area contributed by atoms with Gasteiger partial charge in [-0.3, -0.25) is 28.9 Å². The van der Waals surface area contributed by atoms with Crippen molar-refractivity contribution in [3.05, 3.63) is 16.1 Å². The van der Waals surface area contributed by atoms with Crippen molar-refractivity contribution >= 4 is 46.7 Å². The minimum atomic E-state index is -1.63. The van der Waals surface area contributed by atoms with E-state index in [1.54, 1.807) is 13.8 Å². The molecule has 0 bridgehead atoms. The van der Waals surface area contributed by atoms with Crippen LogP contribution in [0.4, 0.5) is 0 Å². The van der Waals surface area contributed by atoms with Gasteiger partial charge in [-0.25, -0.2) is 9.78 Å². The fourth-order valence-electron chi connectivity index (χ4n) is 4.91. The van der Waals surface area contributed by atoms with Crippen LogP contribution in [0.2, 0.25) is 0 Å². The lowest BCUT2D eigenvalue weighted by molar-refractivity contribution is -0.145. The van der Waals surface area contributed by atoms with Gasteiger partial charge in [-0.15, -0.1) is 11.3 Å². The Labute approximate surface area is 244 Å². The number of amides is 2. The van der Waals surface area contributed by atoms with Crippen molar-refractivity contribution in [2.24, 2.45) is 17.8 Å². The standard InChI is InChI=1S/C28H42N4O8S/c1-6-16(4)17(11-21(33)20-9-7-8-10-32(20)5)26(37)31-25(15(2)3)22(34)13-23-29-19(14-41-23)27(38)30-18(28(39)40)12-24(35)36/h14-18,20,25H,6-13H2,1-5H3,(H,30,38)(H,31,37)(H,35,36)(H,39,40)/t16?,17-,18-,20?,25-/m0/s1. The molecule has 13 heteroatoms. The second kappa shape index (κ2) is 15.7. The molecule has 0 spiro atoms. The number of carboxylic acid groups (broad SMARTS) is 2. The average Bonchev–Trinajstić information content (AvgIpc) is 3.37.